The standard InChI is InChI=1S/C19H37NO2/c1-2-17-20-18-15-13-11-9-7-5-3-4-6-8-10-12-14-16-19(21)22/h13,15,20H,2-12,14,16-18H2,1H3,(H,21,22). The summed E-state index contributed by atoms with van der Waals surface area (Å²) in [5.41, 5.74) is 0. The third kappa shape index (κ3) is 19.2. The maximum Gasteiger partial charge on any atom is 0.303 e. The van der Waals surface area contributed by atoms with Crippen molar-refractivity contribution in [3.8, 4) is 0 Å². The van der Waals surface area contributed by atoms with Crippen molar-refractivity contribution < 1.29 is 9.90 Å². The Bertz CT molecular complexity index is 264. The number of aliphatic carboxylic acids is 1. The van der Waals surface area contributed by atoms with E-state index in [2.05, 4.69) is 24.4 Å². The Hall–Kier alpha value is -0.830. The molecule has 130 valence electrons. The fourth-order valence-corrected chi connectivity index (χ4v) is 2.52. The Morgan fingerprint density at radius 2 is 1.41 bits per heavy atom. The van der Waals surface area contributed by atoms with Gasteiger partial charge in [-0.15, -0.1) is 0 Å². The molecule has 0 aliphatic rings. The first-order valence-corrected chi connectivity index (χ1v) is 9.35. The Morgan fingerprint density at radius 3 is 1.95 bits per heavy atom. The third-order valence-corrected chi connectivity index (χ3v) is 3.87. The van der Waals surface area contributed by atoms with Crippen molar-refractivity contribution in [3.05, 3.63) is 12.2 Å². The molecule has 0 radical (unpaired) electrons. The van der Waals surface area contributed by atoms with Crippen LogP contribution in [-0.2, 0) is 4.79 Å². The normalized spacial score (nSPS) is 11.3. The van der Waals surface area contributed by atoms with E-state index < -0.39 is 5.97 Å². The summed E-state index contributed by atoms with van der Waals surface area (Å²) < 4.78 is 0. The zero-order valence-corrected chi connectivity index (χ0v) is 14.6. The highest BCUT2D eigenvalue weighted by Gasteiger charge is 1.96. The van der Waals surface area contributed by atoms with E-state index in [1.54, 1.807) is 0 Å². The number of hydrogen-bond acceptors (Lipinski definition) is 2. The lowest BCUT2D eigenvalue weighted by molar-refractivity contribution is -0.137. The van der Waals surface area contributed by atoms with Crippen LogP contribution in [0.4, 0.5) is 0 Å². The summed E-state index contributed by atoms with van der Waals surface area (Å²) in [4.78, 5) is 10.4. The predicted molar refractivity (Wildman–Crippen MR) is 95.3 cm³/mol. The fourth-order valence-electron chi connectivity index (χ4n) is 2.52. The zero-order chi connectivity index (χ0) is 16.3. The average molecular weight is 312 g/mol. The summed E-state index contributed by atoms with van der Waals surface area (Å²) in [5.74, 6) is -0.660. The molecule has 0 atom stereocenters. The smallest absolute Gasteiger partial charge is 0.303 e. The van der Waals surface area contributed by atoms with Crippen LogP contribution in [0.5, 0.6) is 0 Å². The van der Waals surface area contributed by atoms with E-state index in [1.807, 2.05) is 0 Å². The van der Waals surface area contributed by atoms with Gasteiger partial charge in [-0.05, 0) is 32.2 Å². The summed E-state index contributed by atoms with van der Waals surface area (Å²) in [5, 5.41) is 11.9. The molecular formula is C19H37NO2. The fraction of sp³-hybridized carbons (Fsp3) is 0.842. The van der Waals surface area contributed by atoms with Gasteiger partial charge in [0, 0.05) is 13.0 Å². The maximum absolute atomic E-state index is 10.4. The molecule has 0 spiro atoms. The molecule has 0 aliphatic heterocycles. The molecule has 3 heteroatoms. The van der Waals surface area contributed by atoms with Crippen LogP contribution in [0.25, 0.3) is 0 Å². The van der Waals surface area contributed by atoms with Crippen LogP contribution in [0, 0.1) is 0 Å². The van der Waals surface area contributed by atoms with E-state index in [4.69, 9.17) is 5.11 Å². The van der Waals surface area contributed by atoms with Crippen molar-refractivity contribution in [2.24, 2.45) is 0 Å². The molecule has 0 heterocycles. The lowest BCUT2D eigenvalue weighted by Crippen LogP contribution is -2.13. The molecule has 22 heavy (non-hydrogen) atoms. The van der Waals surface area contributed by atoms with Crippen LogP contribution >= 0.6 is 0 Å². The predicted octanol–water partition coefficient (Wildman–Crippen LogP) is 5.31. The Kier molecular flexibility index (Phi) is 17.5. The number of unbranched alkanes of at least 4 members (excludes halogenated alkanes) is 10. The molecule has 0 saturated heterocycles. The van der Waals surface area contributed by atoms with Gasteiger partial charge in [-0.3, -0.25) is 4.79 Å². The molecule has 0 fully saturated rings. The lowest BCUT2D eigenvalue weighted by Gasteiger charge is -2.02. The summed E-state index contributed by atoms with van der Waals surface area (Å²) in [6.45, 7) is 4.32. The molecule has 0 saturated carbocycles. The van der Waals surface area contributed by atoms with Gasteiger partial charge in [-0.25, -0.2) is 0 Å². The molecule has 0 aromatic heterocycles. The van der Waals surface area contributed by atoms with Gasteiger partial charge >= 0.3 is 5.97 Å². The highest BCUT2D eigenvalue weighted by molar-refractivity contribution is 5.66. The second-order valence-corrected chi connectivity index (χ2v) is 6.14. The molecule has 0 aliphatic carbocycles. The Morgan fingerprint density at radius 1 is 0.864 bits per heavy atom. The number of hydrogen-bond donors (Lipinski definition) is 2. The van der Waals surface area contributed by atoms with Gasteiger partial charge in [0.05, 0.1) is 0 Å². The van der Waals surface area contributed by atoms with Crippen molar-refractivity contribution in [1.82, 2.24) is 5.32 Å². The minimum absolute atomic E-state index is 0.336. The van der Waals surface area contributed by atoms with Gasteiger partial charge in [-0.1, -0.05) is 70.4 Å². The second-order valence-electron chi connectivity index (χ2n) is 6.14. The number of allylic oxidation sites excluding steroid dienone is 1. The maximum atomic E-state index is 10.4. The number of carboxylic acid groups (broad SMARTS) is 1. The van der Waals surface area contributed by atoms with Crippen molar-refractivity contribution in [3.63, 3.8) is 0 Å². The van der Waals surface area contributed by atoms with Crippen molar-refractivity contribution in [1.29, 1.82) is 0 Å². The zero-order valence-electron chi connectivity index (χ0n) is 14.6. The van der Waals surface area contributed by atoms with E-state index in [1.165, 1.54) is 64.2 Å². The van der Waals surface area contributed by atoms with E-state index >= 15 is 0 Å². The molecule has 2 N–H and O–H groups in total. The van der Waals surface area contributed by atoms with Gasteiger partial charge in [0.25, 0.3) is 0 Å². The quantitative estimate of drug-likeness (QED) is 0.283. The largest absolute Gasteiger partial charge is 0.481 e. The van der Waals surface area contributed by atoms with Crippen molar-refractivity contribution in [2.75, 3.05) is 13.1 Å². The van der Waals surface area contributed by atoms with Crippen molar-refractivity contribution in [2.45, 2.75) is 90.4 Å². The van der Waals surface area contributed by atoms with Crippen LogP contribution in [-0.4, -0.2) is 24.2 Å². The van der Waals surface area contributed by atoms with Gasteiger partial charge < -0.3 is 10.4 Å². The summed E-state index contributed by atoms with van der Waals surface area (Å²) >= 11 is 0. The monoisotopic (exact) mass is 311 g/mol. The first-order valence-electron chi connectivity index (χ1n) is 9.35. The SMILES string of the molecule is CCCNCC=CCCCCCCCCCCCCC(=O)O. The number of carbonyl (C=O) groups is 1. The molecule has 0 aromatic rings. The van der Waals surface area contributed by atoms with E-state index in [0.717, 1.165) is 25.9 Å². The summed E-state index contributed by atoms with van der Waals surface area (Å²) in [6, 6.07) is 0. The minimum Gasteiger partial charge on any atom is -0.481 e. The second kappa shape index (κ2) is 18.2. The van der Waals surface area contributed by atoms with Crippen LogP contribution in [0.1, 0.15) is 90.4 Å². The highest BCUT2D eigenvalue weighted by atomic mass is 16.4. The topological polar surface area (TPSA) is 49.3 Å². The average Bonchev–Trinajstić information content (AvgIpc) is 2.50. The minimum atomic E-state index is -0.660. The highest BCUT2D eigenvalue weighted by Crippen LogP contribution is 2.12. The van der Waals surface area contributed by atoms with Crippen molar-refractivity contribution >= 4 is 5.97 Å². The number of carboxylic acids is 1. The van der Waals surface area contributed by atoms with Crippen LogP contribution in [0.3, 0.4) is 0 Å². The molecule has 0 aromatic carbocycles. The van der Waals surface area contributed by atoms with E-state index in [-0.39, 0.29) is 0 Å². The first kappa shape index (κ1) is 21.2. The molecule has 3 nitrogen and oxygen atoms in total. The van der Waals surface area contributed by atoms with Crippen LogP contribution in [0.2, 0.25) is 0 Å². The van der Waals surface area contributed by atoms with Gasteiger partial charge in [-0.2, -0.15) is 0 Å². The molecule has 0 rings (SSSR count). The molecule has 0 unspecified atom stereocenters. The molecular weight excluding hydrogens is 274 g/mol. The van der Waals surface area contributed by atoms with Crippen LogP contribution in [0.15, 0.2) is 12.2 Å². The molecule has 0 bridgehead atoms. The third-order valence-electron chi connectivity index (χ3n) is 3.87. The van der Waals surface area contributed by atoms with Gasteiger partial charge in [0.2, 0.25) is 0 Å². The van der Waals surface area contributed by atoms with E-state index in [9.17, 15) is 4.79 Å². The van der Waals surface area contributed by atoms with Gasteiger partial charge in [0.1, 0.15) is 0 Å². The Balaban J connectivity index is 3.04. The first-order chi connectivity index (χ1) is 10.8. The van der Waals surface area contributed by atoms with Crippen LogP contribution < -0.4 is 5.32 Å². The van der Waals surface area contributed by atoms with Gasteiger partial charge in [0.15, 0.2) is 0 Å². The summed E-state index contributed by atoms with van der Waals surface area (Å²) in [7, 11) is 0. The number of nitrogens with one attached hydrogen (secondary N) is 1. The molecule has 0 amide bonds. The Labute approximate surface area is 137 Å². The van der Waals surface area contributed by atoms with E-state index in [0.29, 0.717) is 6.42 Å². The number of rotatable bonds is 17. The lowest BCUT2D eigenvalue weighted by atomic mass is 10.1. The summed E-state index contributed by atoms with van der Waals surface area (Å²) in [6.07, 6.45) is 19.8.